The first-order valence-corrected chi connectivity index (χ1v) is 11.6. The molecule has 0 aliphatic rings. The topological polar surface area (TPSA) is 72.5 Å². The first kappa shape index (κ1) is 23.3. The number of hydrogen-bond acceptors (Lipinski definition) is 4. The van der Waals surface area contributed by atoms with E-state index in [9.17, 15) is 0 Å². The molecule has 0 saturated heterocycles. The summed E-state index contributed by atoms with van der Waals surface area (Å²) in [4.78, 5) is 0. The molecule has 1 N–H and O–H groups in total. The summed E-state index contributed by atoms with van der Waals surface area (Å²) in [7, 11) is 2.04. The molecule has 31 heavy (non-hydrogen) atoms. The highest BCUT2D eigenvalue weighted by atomic mass is 16.5. The lowest BCUT2D eigenvalue weighted by molar-refractivity contribution is 0.377. The van der Waals surface area contributed by atoms with Crippen LogP contribution in [-0.4, -0.2) is 25.1 Å². The van der Waals surface area contributed by atoms with Gasteiger partial charge in [-0.3, -0.25) is 9.78 Å². The van der Waals surface area contributed by atoms with Crippen molar-refractivity contribution in [1.82, 2.24) is 25.1 Å². The molecule has 170 valence electrons. The molecule has 3 rings (SSSR count). The molecule has 0 radical (unpaired) electrons. The maximum atomic E-state index is 5.65. The third kappa shape index (κ3) is 4.78. The van der Waals surface area contributed by atoms with Gasteiger partial charge in [0.25, 0.3) is 0 Å². The van der Waals surface area contributed by atoms with Crippen LogP contribution in [0.15, 0.2) is 4.52 Å². The van der Waals surface area contributed by atoms with Crippen LogP contribution in [0.4, 0.5) is 0 Å². The van der Waals surface area contributed by atoms with Crippen LogP contribution in [0, 0.1) is 13.8 Å². The van der Waals surface area contributed by atoms with Gasteiger partial charge in [0.2, 0.25) is 0 Å². The van der Waals surface area contributed by atoms with Crippen molar-refractivity contribution < 1.29 is 4.52 Å². The highest BCUT2D eigenvalue weighted by molar-refractivity contribution is 5.33. The molecular formula is C25H39N5O. The van der Waals surface area contributed by atoms with Crippen molar-refractivity contribution in [1.29, 1.82) is 0 Å². The van der Waals surface area contributed by atoms with Crippen molar-refractivity contribution >= 4 is 0 Å². The lowest BCUT2D eigenvalue weighted by Gasteiger charge is -2.11. The number of H-pyrrole nitrogens is 1. The monoisotopic (exact) mass is 425 g/mol. The maximum absolute atomic E-state index is 5.65. The third-order valence-corrected chi connectivity index (χ3v) is 6.33. The minimum Gasteiger partial charge on any atom is -0.361 e. The molecule has 0 unspecified atom stereocenters. The summed E-state index contributed by atoms with van der Waals surface area (Å²) < 4.78 is 7.65. The normalized spacial score (nSPS) is 12.1. The summed E-state index contributed by atoms with van der Waals surface area (Å²) in [5, 5.41) is 17.0. The van der Waals surface area contributed by atoms with Crippen LogP contribution < -0.4 is 0 Å². The van der Waals surface area contributed by atoms with Crippen LogP contribution in [0.3, 0.4) is 0 Å². The number of aryl methyl sites for hydroxylation is 6. The van der Waals surface area contributed by atoms with E-state index in [4.69, 9.17) is 14.7 Å². The van der Waals surface area contributed by atoms with Crippen LogP contribution >= 0.6 is 0 Å². The van der Waals surface area contributed by atoms with Crippen molar-refractivity contribution in [3.05, 3.63) is 50.9 Å². The average molecular weight is 426 g/mol. The van der Waals surface area contributed by atoms with E-state index in [2.05, 4.69) is 58.7 Å². The van der Waals surface area contributed by atoms with Gasteiger partial charge < -0.3 is 4.52 Å². The van der Waals surface area contributed by atoms with Gasteiger partial charge in [0.15, 0.2) is 0 Å². The zero-order chi connectivity index (χ0) is 22.9. The van der Waals surface area contributed by atoms with Gasteiger partial charge in [-0.2, -0.15) is 10.2 Å². The molecule has 0 atom stereocenters. The van der Waals surface area contributed by atoms with E-state index in [1.807, 2.05) is 18.7 Å². The van der Waals surface area contributed by atoms with Gasteiger partial charge in [-0.25, -0.2) is 0 Å². The zero-order valence-corrected chi connectivity index (χ0v) is 20.8. The van der Waals surface area contributed by atoms with Crippen molar-refractivity contribution in [2.75, 3.05) is 0 Å². The van der Waals surface area contributed by atoms with E-state index in [1.54, 1.807) is 0 Å². The van der Waals surface area contributed by atoms with E-state index < -0.39 is 0 Å². The predicted octanol–water partition coefficient (Wildman–Crippen LogP) is 5.69. The Morgan fingerprint density at radius 2 is 1.42 bits per heavy atom. The molecule has 0 amide bonds. The minimum absolute atomic E-state index is 0.416. The molecule has 6 nitrogen and oxygen atoms in total. The summed E-state index contributed by atoms with van der Waals surface area (Å²) in [5.74, 6) is 2.31. The van der Waals surface area contributed by atoms with E-state index in [1.165, 1.54) is 39.5 Å². The Labute approximate surface area is 186 Å². The molecule has 3 heterocycles. The van der Waals surface area contributed by atoms with E-state index in [0.29, 0.717) is 17.8 Å². The molecule has 3 aromatic rings. The largest absolute Gasteiger partial charge is 0.361 e. The first-order valence-electron chi connectivity index (χ1n) is 11.6. The van der Waals surface area contributed by atoms with Crippen LogP contribution in [0.1, 0.15) is 110 Å². The first-order chi connectivity index (χ1) is 14.6. The Morgan fingerprint density at radius 3 is 2.03 bits per heavy atom. The summed E-state index contributed by atoms with van der Waals surface area (Å²) >= 11 is 0. The lowest BCUT2D eigenvalue weighted by atomic mass is 9.93. The smallest absolute Gasteiger partial charge is 0.140 e. The van der Waals surface area contributed by atoms with Gasteiger partial charge in [0.1, 0.15) is 5.76 Å². The average Bonchev–Trinajstić information content (AvgIpc) is 3.34. The number of nitrogens with one attached hydrogen (secondary N) is 1. The minimum atomic E-state index is 0.416. The molecule has 0 aromatic carbocycles. The second-order valence-corrected chi connectivity index (χ2v) is 9.70. The molecule has 0 aliphatic heterocycles. The standard InChI is InChI=1S/C25H39N5O/c1-14(2)23-17(7)29-31-22(23)13-12-20-25(16(5)6)19(26-27-20)10-11-21-24(15(3)4)18(8)30(9)28-21/h14-16H,10-13H2,1-9H3,(H,26,27). The van der Waals surface area contributed by atoms with Crippen molar-refractivity contribution in [2.45, 2.75) is 98.8 Å². The molecule has 0 spiro atoms. The Kier molecular flexibility index (Phi) is 7.07. The molecule has 0 fully saturated rings. The van der Waals surface area contributed by atoms with Gasteiger partial charge in [0.05, 0.1) is 17.1 Å². The molecular weight excluding hydrogens is 386 g/mol. The second-order valence-electron chi connectivity index (χ2n) is 9.70. The molecule has 0 saturated carbocycles. The van der Waals surface area contributed by atoms with Crippen LogP contribution in [-0.2, 0) is 32.7 Å². The van der Waals surface area contributed by atoms with Crippen LogP contribution in [0.25, 0.3) is 0 Å². The third-order valence-electron chi connectivity index (χ3n) is 6.33. The number of hydrogen-bond donors (Lipinski definition) is 1. The Balaban J connectivity index is 1.78. The van der Waals surface area contributed by atoms with Crippen molar-refractivity contribution in [3.63, 3.8) is 0 Å². The number of rotatable bonds is 9. The molecule has 6 heteroatoms. The quantitative estimate of drug-likeness (QED) is 0.478. The van der Waals surface area contributed by atoms with Crippen LogP contribution in [0.2, 0.25) is 0 Å². The van der Waals surface area contributed by atoms with Gasteiger partial charge >= 0.3 is 0 Å². The van der Waals surface area contributed by atoms with Gasteiger partial charge in [-0.15, -0.1) is 0 Å². The fourth-order valence-corrected chi connectivity index (χ4v) is 4.94. The van der Waals surface area contributed by atoms with E-state index in [0.717, 1.165) is 37.1 Å². The highest BCUT2D eigenvalue weighted by Crippen LogP contribution is 2.29. The van der Waals surface area contributed by atoms with Crippen molar-refractivity contribution in [2.24, 2.45) is 7.05 Å². The van der Waals surface area contributed by atoms with Crippen molar-refractivity contribution in [3.8, 4) is 0 Å². The maximum Gasteiger partial charge on any atom is 0.140 e. The van der Waals surface area contributed by atoms with E-state index in [-0.39, 0.29) is 0 Å². The fourth-order valence-electron chi connectivity index (χ4n) is 4.94. The summed E-state index contributed by atoms with van der Waals surface area (Å²) in [6.07, 6.45) is 3.54. The number of nitrogens with zero attached hydrogens (tertiary/aromatic N) is 4. The number of aromatic amines is 1. The van der Waals surface area contributed by atoms with E-state index >= 15 is 0 Å². The SMILES string of the molecule is Cc1noc(CCc2[nH]nc(CCc3nn(C)c(C)c3C(C)C)c2C(C)C)c1C(C)C. The number of aromatic nitrogens is 5. The Hall–Kier alpha value is -2.37. The van der Waals surface area contributed by atoms with Gasteiger partial charge in [-0.1, -0.05) is 46.7 Å². The summed E-state index contributed by atoms with van der Waals surface area (Å²) in [6.45, 7) is 17.6. The zero-order valence-electron chi connectivity index (χ0n) is 20.8. The molecule has 0 bridgehead atoms. The highest BCUT2D eigenvalue weighted by Gasteiger charge is 2.21. The van der Waals surface area contributed by atoms with Gasteiger partial charge in [0, 0.05) is 30.4 Å². The Morgan fingerprint density at radius 1 is 0.806 bits per heavy atom. The predicted molar refractivity (Wildman–Crippen MR) is 125 cm³/mol. The fraction of sp³-hybridized carbons (Fsp3) is 0.640. The summed E-state index contributed by atoms with van der Waals surface area (Å²) in [6, 6.07) is 0. The molecule has 3 aromatic heterocycles. The van der Waals surface area contributed by atoms with Gasteiger partial charge in [-0.05, 0) is 62.0 Å². The molecule has 0 aliphatic carbocycles. The lowest BCUT2D eigenvalue weighted by Crippen LogP contribution is -2.04. The summed E-state index contributed by atoms with van der Waals surface area (Å²) in [5.41, 5.74) is 9.83. The van der Waals surface area contributed by atoms with Crippen LogP contribution in [0.5, 0.6) is 0 Å². The Bertz CT molecular complexity index is 1020. The second kappa shape index (κ2) is 9.41.